The summed E-state index contributed by atoms with van der Waals surface area (Å²) in [5, 5.41) is 37.2. The van der Waals surface area contributed by atoms with Crippen LogP contribution in [-0.4, -0.2) is 45.3 Å². The third-order valence-corrected chi connectivity index (χ3v) is 4.83. The Morgan fingerprint density at radius 1 is 0.542 bits per heavy atom. The van der Waals surface area contributed by atoms with Crippen molar-refractivity contribution in [2.24, 2.45) is 0 Å². The smallest absolute Gasteiger partial charge is 0.108 e. The van der Waals surface area contributed by atoms with Gasteiger partial charge in [0.05, 0.1) is 12.7 Å². The van der Waals surface area contributed by atoms with Gasteiger partial charge in [-0.1, -0.05) is 96.8 Å². The zero-order chi connectivity index (χ0) is 18.0. The first-order chi connectivity index (χ1) is 11.6. The summed E-state index contributed by atoms with van der Waals surface area (Å²) in [5.41, 5.74) is 0. The second-order valence-corrected chi connectivity index (χ2v) is 7.19. The summed E-state index contributed by atoms with van der Waals surface area (Å²) in [6, 6.07) is 0. The van der Waals surface area contributed by atoms with Gasteiger partial charge in [0.2, 0.25) is 0 Å². The van der Waals surface area contributed by atoms with E-state index in [0.29, 0.717) is 6.42 Å². The Labute approximate surface area is 149 Å². The van der Waals surface area contributed by atoms with Gasteiger partial charge in [-0.05, 0) is 6.42 Å². The van der Waals surface area contributed by atoms with Crippen molar-refractivity contribution in [2.45, 2.75) is 122 Å². The first kappa shape index (κ1) is 23.8. The highest BCUT2D eigenvalue weighted by Gasteiger charge is 2.23. The molecule has 0 aromatic heterocycles. The average molecular weight is 347 g/mol. The van der Waals surface area contributed by atoms with Crippen molar-refractivity contribution >= 4 is 0 Å². The molecule has 4 heteroatoms. The highest BCUT2D eigenvalue weighted by molar-refractivity contribution is 4.74. The van der Waals surface area contributed by atoms with Crippen LogP contribution in [0.5, 0.6) is 0 Å². The number of aliphatic hydroxyl groups excluding tert-OH is 4. The summed E-state index contributed by atoms with van der Waals surface area (Å²) in [4.78, 5) is 0. The molecule has 0 saturated carbocycles. The molecule has 24 heavy (non-hydrogen) atoms. The summed E-state index contributed by atoms with van der Waals surface area (Å²) in [6.07, 6.45) is 15.1. The van der Waals surface area contributed by atoms with Crippen LogP contribution in [0.15, 0.2) is 0 Å². The highest BCUT2D eigenvalue weighted by atomic mass is 16.4. The number of aliphatic hydroxyl groups is 4. The van der Waals surface area contributed by atoms with E-state index in [9.17, 15) is 15.3 Å². The molecule has 0 rings (SSSR count). The summed E-state index contributed by atoms with van der Waals surface area (Å²) < 4.78 is 0. The molecule has 0 aromatic carbocycles. The molecule has 146 valence electrons. The quantitative estimate of drug-likeness (QED) is 0.283. The Kier molecular flexibility index (Phi) is 17.5. The van der Waals surface area contributed by atoms with Crippen LogP contribution in [0.3, 0.4) is 0 Å². The van der Waals surface area contributed by atoms with Crippen molar-refractivity contribution < 1.29 is 20.4 Å². The Balaban J connectivity index is 3.23. The van der Waals surface area contributed by atoms with E-state index >= 15 is 0 Å². The topological polar surface area (TPSA) is 80.9 Å². The lowest BCUT2D eigenvalue weighted by Crippen LogP contribution is -2.39. The maximum Gasteiger partial charge on any atom is 0.108 e. The van der Waals surface area contributed by atoms with Gasteiger partial charge in [0.25, 0.3) is 0 Å². The molecule has 4 N–H and O–H groups in total. The van der Waals surface area contributed by atoms with E-state index in [0.717, 1.165) is 12.8 Å². The molecular weight excluding hydrogens is 304 g/mol. The van der Waals surface area contributed by atoms with Crippen molar-refractivity contribution in [3.05, 3.63) is 0 Å². The lowest BCUT2D eigenvalue weighted by molar-refractivity contribution is -0.0787. The monoisotopic (exact) mass is 346 g/mol. The van der Waals surface area contributed by atoms with Gasteiger partial charge in [-0.15, -0.1) is 0 Å². The van der Waals surface area contributed by atoms with Gasteiger partial charge in [-0.25, -0.2) is 0 Å². The predicted octanol–water partition coefficient (Wildman–Crippen LogP) is 3.93. The molecule has 0 aliphatic rings. The fourth-order valence-corrected chi connectivity index (χ4v) is 3.08. The first-order valence-corrected chi connectivity index (χ1v) is 10.3. The molecule has 0 radical (unpaired) electrons. The number of hydrogen-bond donors (Lipinski definition) is 4. The molecule has 0 amide bonds. The minimum Gasteiger partial charge on any atom is -0.394 e. The van der Waals surface area contributed by atoms with Gasteiger partial charge >= 0.3 is 0 Å². The van der Waals surface area contributed by atoms with Crippen molar-refractivity contribution in [2.75, 3.05) is 6.61 Å². The van der Waals surface area contributed by atoms with Crippen LogP contribution in [0.25, 0.3) is 0 Å². The minimum absolute atomic E-state index is 0.482. The minimum atomic E-state index is -1.24. The van der Waals surface area contributed by atoms with Crippen molar-refractivity contribution in [1.29, 1.82) is 0 Å². The number of unbranched alkanes of at least 4 members (excludes halogenated alkanes) is 13. The molecule has 0 bridgehead atoms. The van der Waals surface area contributed by atoms with Gasteiger partial charge < -0.3 is 20.4 Å². The number of rotatable bonds is 18. The molecule has 0 spiro atoms. The zero-order valence-corrected chi connectivity index (χ0v) is 15.8. The van der Waals surface area contributed by atoms with E-state index in [2.05, 4.69) is 6.92 Å². The van der Waals surface area contributed by atoms with Crippen LogP contribution >= 0.6 is 0 Å². The highest BCUT2D eigenvalue weighted by Crippen LogP contribution is 2.14. The Hall–Kier alpha value is -0.160. The summed E-state index contributed by atoms with van der Waals surface area (Å²) in [5.74, 6) is 0. The second-order valence-electron chi connectivity index (χ2n) is 7.19. The zero-order valence-electron chi connectivity index (χ0n) is 15.8. The Morgan fingerprint density at radius 3 is 1.29 bits per heavy atom. The second kappa shape index (κ2) is 17.7. The third-order valence-electron chi connectivity index (χ3n) is 4.83. The van der Waals surface area contributed by atoms with Crippen LogP contribution in [0.1, 0.15) is 103 Å². The van der Waals surface area contributed by atoms with Crippen LogP contribution in [0, 0.1) is 0 Å². The lowest BCUT2D eigenvalue weighted by atomic mass is 10.0. The molecule has 0 aliphatic heterocycles. The average Bonchev–Trinajstić information content (AvgIpc) is 2.60. The Bertz CT molecular complexity index is 248. The van der Waals surface area contributed by atoms with Crippen LogP contribution in [0.2, 0.25) is 0 Å². The van der Waals surface area contributed by atoms with Crippen LogP contribution in [-0.2, 0) is 0 Å². The van der Waals surface area contributed by atoms with Crippen LogP contribution in [0.4, 0.5) is 0 Å². The van der Waals surface area contributed by atoms with Crippen molar-refractivity contribution in [3.63, 3.8) is 0 Å². The van der Waals surface area contributed by atoms with Crippen LogP contribution < -0.4 is 0 Å². The van der Waals surface area contributed by atoms with Gasteiger partial charge in [-0.2, -0.15) is 0 Å². The summed E-state index contributed by atoms with van der Waals surface area (Å²) in [7, 11) is 0. The summed E-state index contributed by atoms with van der Waals surface area (Å²) in [6.45, 7) is 1.74. The molecular formula is C20H42O4. The molecule has 3 unspecified atom stereocenters. The fourth-order valence-electron chi connectivity index (χ4n) is 3.08. The van der Waals surface area contributed by atoms with Crippen molar-refractivity contribution in [3.8, 4) is 0 Å². The lowest BCUT2D eigenvalue weighted by Gasteiger charge is -2.21. The SMILES string of the molecule is CCCCCCCCCCCCCCCCC(O)C(O)C(O)CO. The molecule has 0 aromatic rings. The van der Waals surface area contributed by atoms with E-state index in [1.807, 2.05) is 0 Å². The Morgan fingerprint density at radius 2 is 0.917 bits per heavy atom. The van der Waals surface area contributed by atoms with E-state index in [4.69, 9.17) is 5.11 Å². The van der Waals surface area contributed by atoms with Gasteiger partial charge in [0.1, 0.15) is 12.2 Å². The molecule has 4 nitrogen and oxygen atoms in total. The maximum atomic E-state index is 9.69. The molecule has 0 heterocycles. The van der Waals surface area contributed by atoms with E-state index in [1.54, 1.807) is 0 Å². The molecule has 3 atom stereocenters. The largest absolute Gasteiger partial charge is 0.394 e. The normalized spacial score (nSPS) is 15.4. The van der Waals surface area contributed by atoms with Crippen molar-refractivity contribution in [1.82, 2.24) is 0 Å². The number of hydrogen-bond acceptors (Lipinski definition) is 4. The molecule has 0 fully saturated rings. The first-order valence-electron chi connectivity index (χ1n) is 10.3. The van der Waals surface area contributed by atoms with E-state index < -0.39 is 24.9 Å². The molecule has 0 aliphatic carbocycles. The third kappa shape index (κ3) is 14.2. The predicted molar refractivity (Wildman–Crippen MR) is 100 cm³/mol. The maximum absolute atomic E-state index is 9.69. The van der Waals surface area contributed by atoms with Gasteiger partial charge in [-0.3, -0.25) is 0 Å². The standard InChI is InChI=1S/C20H42O4/c1-2-3-4-5-6-7-8-9-10-11-12-13-14-15-16-18(22)20(24)19(23)17-21/h18-24H,2-17H2,1H3. The molecule has 0 saturated heterocycles. The van der Waals surface area contributed by atoms with Gasteiger partial charge in [0, 0.05) is 0 Å². The fraction of sp³-hybridized carbons (Fsp3) is 1.00. The van der Waals surface area contributed by atoms with E-state index in [1.165, 1.54) is 77.0 Å². The van der Waals surface area contributed by atoms with Gasteiger partial charge in [0.15, 0.2) is 0 Å². The van der Waals surface area contributed by atoms with E-state index in [-0.39, 0.29) is 0 Å². The summed E-state index contributed by atoms with van der Waals surface area (Å²) >= 11 is 0.